The summed E-state index contributed by atoms with van der Waals surface area (Å²) in [6, 6.07) is 14.2. The van der Waals surface area contributed by atoms with Crippen LogP contribution < -0.4 is 15.8 Å². The number of carbonyl (C=O) groups is 2. The molecular formula is C28H28F3N5O3. The second-order valence-corrected chi connectivity index (χ2v) is 9.15. The van der Waals surface area contributed by atoms with Gasteiger partial charge in [0.1, 0.15) is 11.4 Å². The Labute approximate surface area is 223 Å². The van der Waals surface area contributed by atoms with Gasteiger partial charge >= 0.3 is 6.18 Å². The zero-order chi connectivity index (χ0) is 28.2. The summed E-state index contributed by atoms with van der Waals surface area (Å²) in [5, 5.41) is 7.36. The number of alkyl halides is 3. The van der Waals surface area contributed by atoms with Crippen molar-refractivity contribution < 1.29 is 27.5 Å². The Balaban J connectivity index is 0.00000112. The number of halogens is 3. The number of primary amides is 1. The van der Waals surface area contributed by atoms with Gasteiger partial charge in [0, 0.05) is 17.7 Å². The van der Waals surface area contributed by atoms with Gasteiger partial charge in [-0.1, -0.05) is 12.1 Å². The fourth-order valence-electron chi connectivity index (χ4n) is 4.32. The molecule has 0 unspecified atom stereocenters. The number of ketones is 1. The number of aromatic nitrogens is 3. The van der Waals surface area contributed by atoms with Crippen molar-refractivity contribution in [1.29, 1.82) is 0 Å². The Morgan fingerprint density at radius 1 is 1.18 bits per heavy atom. The highest BCUT2D eigenvalue weighted by Gasteiger charge is 2.27. The number of aryl methyl sites for hydroxylation is 1. The van der Waals surface area contributed by atoms with Crippen LogP contribution in [0.3, 0.4) is 0 Å². The minimum Gasteiger partial charge on any atom is -0.497 e. The number of anilines is 1. The molecule has 204 valence electrons. The molecule has 11 heteroatoms. The first kappa shape index (κ1) is 27.6. The maximum atomic E-state index is 13.3. The zero-order valence-electron chi connectivity index (χ0n) is 21.5. The van der Waals surface area contributed by atoms with Crippen LogP contribution in [-0.4, -0.2) is 46.6 Å². The molecule has 3 N–H and O–H groups in total. The Kier molecular flexibility index (Phi) is 8.18. The van der Waals surface area contributed by atoms with Crippen molar-refractivity contribution >= 4 is 23.5 Å². The second kappa shape index (κ2) is 11.5. The van der Waals surface area contributed by atoms with E-state index in [0.29, 0.717) is 34.3 Å². The SMILES string of the molecule is COc1ccc(C(=O)c2cc(NCCC(F)(F)F)c3ncc(-c4ccc(C5CC5)c(C)c4)n3n2)cc1.NC=O. The molecule has 1 amide bonds. The van der Waals surface area contributed by atoms with Crippen LogP contribution in [0.15, 0.2) is 54.7 Å². The molecule has 39 heavy (non-hydrogen) atoms. The average Bonchev–Trinajstić information content (AvgIpc) is 3.66. The number of nitrogens with zero attached hydrogens (tertiary/aromatic N) is 3. The molecule has 5 rings (SSSR count). The van der Waals surface area contributed by atoms with Crippen LogP contribution in [0.5, 0.6) is 5.75 Å². The largest absolute Gasteiger partial charge is 0.497 e. The monoisotopic (exact) mass is 539 g/mol. The molecule has 1 fully saturated rings. The van der Waals surface area contributed by atoms with E-state index in [1.54, 1.807) is 30.5 Å². The third-order valence-electron chi connectivity index (χ3n) is 6.36. The first-order valence-electron chi connectivity index (χ1n) is 12.3. The Morgan fingerprint density at radius 2 is 1.87 bits per heavy atom. The standard InChI is InChI=1S/C27H25F3N4O2.CH3NO/c1-16-13-19(7-10-21(16)17-3-4-17)24-15-32-26-23(31-12-11-27(28,29)30)14-22(33-34(24)26)25(35)18-5-8-20(36-2)9-6-18;2-1-3/h5-10,13-15,17,31H,3-4,11-12H2,1-2H3;1H,(H2,2,3). The van der Waals surface area contributed by atoms with Crippen LogP contribution >= 0.6 is 0 Å². The molecule has 0 radical (unpaired) electrons. The van der Waals surface area contributed by atoms with E-state index in [4.69, 9.17) is 9.53 Å². The molecule has 8 nitrogen and oxygen atoms in total. The van der Waals surface area contributed by atoms with Gasteiger partial charge in [-0.05, 0) is 73.2 Å². The highest BCUT2D eigenvalue weighted by Crippen LogP contribution is 2.42. The molecule has 0 aliphatic heterocycles. The molecule has 0 bridgehead atoms. The fourth-order valence-corrected chi connectivity index (χ4v) is 4.32. The number of nitrogens with one attached hydrogen (secondary N) is 1. The number of fused-ring (bicyclic) bond motifs is 1. The van der Waals surface area contributed by atoms with Crippen LogP contribution in [0.4, 0.5) is 18.9 Å². The van der Waals surface area contributed by atoms with Crippen molar-refractivity contribution in [2.45, 2.75) is 38.3 Å². The third-order valence-corrected chi connectivity index (χ3v) is 6.36. The molecule has 2 aromatic carbocycles. The Bertz CT molecular complexity index is 1480. The van der Waals surface area contributed by atoms with Crippen LogP contribution in [0.25, 0.3) is 16.9 Å². The minimum absolute atomic E-state index is 0.0905. The number of carbonyl (C=O) groups excluding carboxylic acids is 2. The fraction of sp³-hybridized carbons (Fsp3) is 0.286. The number of imidazole rings is 1. The molecular weight excluding hydrogens is 511 g/mol. The zero-order valence-corrected chi connectivity index (χ0v) is 21.5. The summed E-state index contributed by atoms with van der Waals surface area (Å²) in [5.41, 5.74) is 9.31. The van der Waals surface area contributed by atoms with Gasteiger partial charge < -0.3 is 15.8 Å². The number of rotatable bonds is 8. The predicted molar refractivity (Wildman–Crippen MR) is 141 cm³/mol. The number of benzene rings is 2. The maximum Gasteiger partial charge on any atom is 0.390 e. The topological polar surface area (TPSA) is 112 Å². The van der Waals surface area contributed by atoms with Gasteiger partial charge in [-0.3, -0.25) is 9.59 Å². The van der Waals surface area contributed by atoms with Crippen molar-refractivity contribution in [1.82, 2.24) is 14.6 Å². The number of hydrogen-bond acceptors (Lipinski definition) is 6. The number of nitrogens with two attached hydrogens (primary N) is 1. The van der Waals surface area contributed by atoms with Crippen molar-refractivity contribution in [2.24, 2.45) is 5.73 Å². The van der Waals surface area contributed by atoms with Crippen molar-refractivity contribution in [3.8, 4) is 17.0 Å². The number of amides is 1. The molecule has 0 saturated heterocycles. The van der Waals surface area contributed by atoms with E-state index in [-0.39, 0.29) is 24.4 Å². The van der Waals surface area contributed by atoms with E-state index >= 15 is 0 Å². The minimum atomic E-state index is -4.31. The van der Waals surface area contributed by atoms with Crippen LogP contribution in [0.2, 0.25) is 0 Å². The summed E-state index contributed by atoms with van der Waals surface area (Å²) in [6.45, 7) is 1.72. The van der Waals surface area contributed by atoms with E-state index in [2.05, 4.69) is 40.2 Å². The van der Waals surface area contributed by atoms with Gasteiger partial charge in [0.2, 0.25) is 12.2 Å². The molecule has 1 aliphatic rings. The molecule has 0 atom stereocenters. The van der Waals surface area contributed by atoms with E-state index < -0.39 is 12.6 Å². The first-order chi connectivity index (χ1) is 18.6. The summed E-state index contributed by atoms with van der Waals surface area (Å²) in [4.78, 5) is 26.3. The first-order valence-corrected chi connectivity index (χ1v) is 12.3. The lowest BCUT2D eigenvalue weighted by Crippen LogP contribution is -2.16. The van der Waals surface area contributed by atoms with Crippen LogP contribution in [-0.2, 0) is 4.79 Å². The van der Waals surface area contributed by atoms with Gasteiger partial charge in [-0.15, -0.1) is 0 Å². The highest BCUT2D eigenvalue weighted by atomic mass is 19.4. The van der Waals surface area contributed by atoms with E-state index in [0.717, 1.165) is 5.56 Å². The molecule has 1 aliphatic carbocycles. The van der Waals surface area contributed by atoms with Crippen molar-refractivity contribution in [2.75, 3.05) is 19.0 Å². The second-order valence-electron chi connectivity index (χ2n) is 9.15. The predicted octanol–water partition coefficient (Wildman–Crippen LogP) is 5.29. The average molecular weight is 540 g/mol. The molecule has 2 heterocycles. The van der Waals surface area contributed by atoms with E-state index in [1.807, 2.05) is 6.07 Å². The van der Waals surface area contributed by atoms with Crippen molar-refractivity contribution in [3.63, 3.8) is 0 Å². The molecule has 2 aromatic heterocycles. The Hall–Kier alpha value is -4.41. The third kappa shape index (κ3) is 6.54. The number of methoxy groups -OCH3 is 1. The summed E-state index contributed by atoms with van der Waals surface area (Å²) in [5.74, 6) is 0.849. The van der Waals surface area contributed by atoms with Gasteiger partial charge in [0.15, 0.2) is 5.65 Å². The summed E-state index contributed by atoms with van der Waals surface area (Å²) in [6.07, 6.45) is -1.05. The molecule has 0 spiro atoms. The lowest BCUT2D eigenvalue weighted by atomic mass is 10.0. The van der Waals surface area contributed by atoms with Gasteiger partial charge in [0.05, 0.1) is 31.1 Å². The lowest BCUT2D eigenvalue weighted by Gasteiger charge is -2.12. The van der Waals surface area contributed by atoms with Gasteiger partial charge in [-0.2, -0.15) is 18.3 Å². The molecule has 1 saturated carbocycles. The summed E-state index contributed by atoms with van der Waals surface area (Å²) < 4.78 is 45.0. The van der Waals surface area contributed by atoms with Crippen LogP contribution in [0, 0.1) is 6.92 Å². The molecule has 4 aromatic rings. The summed E-state index contributed by atoms with van der Waals surface area (Å²) in [7, 11) is 1.53. The smallest absolute Gasteiger partial charge is 0.390 e. The van der Waals surface area contributed by atoms with Crippen molar-refractivity contribution in [3.05, 3.63) is 77.1 Å². The van der Waals surface area contributed by atoms with E-state index in [1.165, 1.54) is 41.7 Å². The number of hydrogen-bond donors (Lipinski definition) is 2. The van der Waals surface area contributed by atoms with Gasteiger partial charge in [-0.25, -0.2) is 9.50 Å². The number of ether oxygens (including phenoxy) is 1. The van der Waals surface area contributed by atoms with Crippen LogP contribution in [0.1, 0.15) is 52.4 Å². The highest BCUT2D eigenvalue weighted by molar-refractivity contribution is 6.08. The summed E-state index contributed by atoms with van der Waals surface area (Å²) >= 11 is 0. The quantitative estimate of drug-likeness (QED) is 0.233. The van der Waals surface area contributed by atoms with Gasteiger partial charge in [0.25, 0.3) is 0 Å². The normalized spacial score (nSPS) is 12.9. The lowest BCUT2D eigenvalue weighted by molar-refractivity contribution is -0.131. The van der Waals surface area contributed by atoms with E-state index in [9.17, 15) is 18.0 Å². The Morgan fingerprint density at radius 3 is 2.46 bits per heavy atom. The maximum absolute atomic E-state index is 13.3.